The third-order valence-corrected chi connectivity index (χ3v) is 7.93. The SMILES string of the molecule is CC.CC.CC1[CH-]C2C(=O)C([C-]=O)=C3CCCCN3C2[CH-]1.CC1[CH-]C2C(=O)C([C-]=O)=C3CCCN3C2[CH-]1.[3HH].[3HH].[U].[U].[V].[V].[Y].[Y]. The number of carbonyl (C=O) groups is 2. The van der Waals surface area contributed by atoms with E-state index in [0.29, 0.717) is 23.0 Å². The van der Waals surface area contributed by atoms with Crippen LogP contribution in [0.2, 0.25) is 0 Å². The van der Waals surface area contributed by atoms with Crippen LogP contribution < -0.4 is 0 Å². The molecular formula is C31H46N2O4U2V2Y2-6. The van der Waals surface area contributed by atoms with Crippen molar-refractivity contribution in [1.29, 1.82) is 0 Å². The summed E-state index contributed by atoms with van der Waals surface area (Å²) in [5.74, 6) is 0.430. The zero-order valence-corrected chi connectivity index (χ0v) is 43.1. The zero-order chi connectivity index (χ0) is 27.3. The summed E-state index contributed by atoms with van der Waals surface area (Å²) in [5.41, 5.74) is 2.48. The van der Waals surface area contributed by atoms with E-state index in [1.165, 1.54) is 0 Å². The van der Waals surface area contributed by atoms with Gasteiger partial charge in [0.05, 0.1) is 12.6 Å². The van der Waals surface area contributed by atoms with Crippen LogP contribution in [0.3, 0.4) is 0 Å². The van der Waals surface area contributed by atoms with Gasteiger partial charge in [-0.1, -0.05) is 69.5 Å². The third kappa shape index (κ3) is 11.9. The number of nitrogens with zero attached hydrogens (tertiary/aromatic N) is 2. The van der Waals surface area contributed by atoms with Crippen molar-refractivity contribution in [2.45, 2.75) is 85.7 Å². The van der Waals surface area contributed by atoms with Crippen LogP contribution >= 0.6 is 0 Å². The molecule has 6 rings (SSSR count). The minimum atomic E-state index is -0.122. The summed E-state index contributed by atoms with van der Waals surface area (Å²) in [6, 6.07) is 0.377. The van der Waals surface area contributed by atoms with E-state index in [4.69, 9.17) is 0 Å². The fraction of sp³-hybridized carbons (Fsp3) is 0.613. The first-order valence-electron chi connectivity index (χ1n) is 14.2. The number of fused-ring (bicyclic) bond motifs is 6. The van der Waals surface area contributed by atoms with Gasteiger partial charge >= 0.3 is 0 Å². The Bertz CT molecular complexity index is 982. The van der Waals surface area contributed by atoms with Crippen LogP contribution in [0.15, 0.2) is 22.5 Å². The molecule has 6 aliphatic rings. The maximum atomic E-state index is 12.2. The Kier molecular flexibility index (Phi) is 32.2. The summed E-state index contributed by atoms with van der Waals surface area (Å²) >= 11 is 0. The van der Waals surface area contributed by atoms with Gasteiger partial charge in [-0.25, -0.2) is 0 Å². The molecule has 2 saturated carbocycles. The summed E-state index contributed by atoms with van der Waals surface area (Å²) < 4.78 is 0. The molecule has 4 radical (unpaired) electrons. The second-order valence-corrected chi connectivity index (χ2v) is 10.0. The van der Waals surface area contributed by atoms with Crippen molar-refractivity contribution in [3.8, 4) is 0 Å². The van der Waals surface area contributed by atoms with Crippen molar-refractivity contribution >= 4 is 24.1 Å². The first-order valence-corrected chi connectivity index (χ1v) is 14.2. The zero-order valence-electron chi connectivity index (χ0n) is 26.3. The molecule has 234 valence electrons. The Morgan fingerprint density at radius 1 is 0.651 bits per heavy atom. The molecule has 0 aromatic heterocycles. The average molecular weight is 1270 g/mol. The van der Waals surface area contributed by atoms with Crippen LogP contribution in [-0.2, 0) is 122 Å². The maximum Gasteiger partial charge on any atom is 0.0677 e. The molecule has 6 atom stereocenters. The molecule has 12 heteroatoms. The molecule has 4 heterocycles. The van der Waals surface area contributed by atoms with E-state index >= 15 is 0 Å². The molecule has 0 bridgehead atoms. The molecule has 0 aromatic carbocycles. The summed E-state index contributed by atoms with van der Waals surface area (Å²) in [4.78, 5) is 50.8. The van der Waals surface area contributed by atoms with Crippen LogP contribution in [0, 0.1) is 112 Å². The number of ketones is 2. The largest absolute Gasteiger partial charge is 0.454 e. The molecule has 6 unspecified atom stereocenters. The van der Waals surface area contributed by atoms with E-state index in [-0.39, 0.29) is 203 Å². The topological polar surface area (TPSA) is 74.8 Å². The molecule has 0 amide bonds. The smallest absolute Gasteiger partial charge is 0.0677 e. The van der Waals surface area contributed by atoms with Crippen molar-refractivity contribution < 1.29 is 187 Å². The van der Waals surface area contributed by atoms with Crippen LogP contribution in [0.25, 0.3) is 0 Å². The van der Waals surface area contributed by atoms with Gasteiger partial charge in [0, 0.05) is 192 Å². The Morgan fingerprint density at radius 2 is 1.00 bits per heavy atom. The van der Waals surface area contributed by atoms with Gasteiger partial charge in [0.25, 0.3) is 0 Å². The van der Waals surface area contributed by atoms with E-state index in [2.05, 4.69) is 49.3 Å². The second kappa shape index (κ2) is 26.1. The molecule has 4 aliphatic heterocycles. The Balaban J connectivity index is -0.000000131. The normalized spacial score (nSPS) is 28.9. The van der Waals surface area contributed by atoms with Gasteiger partial charge in [0.15, 0.2) is 0 Å². The summed E-state index contributed by atoms with van der Waals surface area (Å²) in [7, 11) is 0. The number of hydrogen-bond acceptors (Lipinski definition) is 6. The number of piperidine rings is 1. The molecule has 0 aromatic rings. The Labute approximate surface area is 385 Å². The fourth-order valence-electron chi connectivity index (χ4n) is 6.53. The molecule has 2 saturated heterocycles. The number of carbonyl (C=O) groups excluding carboxylic acids is 4. The van der Waals surface area contributed by atoms with E-state index in [0.717, 1.165) is 56.6 Å². The number of rotatable bonds is 2. The fourth-order valence-corrected chi connectivity index (χ4v) is 6.53. The van der Waals surface area contributed by atoms with Crippen molar-refractivity contribution in [1.82, 2.24) is 9.80 Å². The van der Waals surface area contributed by atoms with Gasteiger partial charge in [0.2, 0.25) is 0 Å². The van der Waals surface area contributed by atoms with Crippen LogP contribution in [0.1, 0.15) is 76.5 Å². The van der Waals surface area contributed by atoms with Crippen molar-refractivity contribution in [3.05, 3.63) is 48.2 Å². The molecule has 43 heavy (non-hydrogen) atoms. The Morgan fingerprint density at radius 3 is 1.37 bits per heavy atom. The van der Waals surface area contributed by atoms with E-state index in [1.807, 2.05) is 40.3 Å². The Hall–Kier alpha value is 3.24. The number of Topliss-reactive ketones (excluding diaryl/α,β-unsaturated/α-hetero) is 2. The van der Waals surface area contributed by atoms with Gasteiger partial charge in [-0.3, -0.25) is 0 Å². The minimum Gasteiger partial charge on any atom is -0.454 e. The second-order valence-electron chi connectivity index (χ2n) is 10.0. The van der Waals surface area contributed by atoms with Gasteiger partial charge < -0.3 is 66.5 Å². The average Bonchev–Trinajstić information content (AvgIpc) is 3.66. The monoisotopic (exact) mass is 1270 g/mol. The third-order valence-electron chi connectivity index (χ3n) is 7.93. The van der Waals surface area contributed by atoms with Gasteiger partial charge in [-0.05, 0) is 12.8 Å². The van der Waals surface area contributed by atoms with Gasteiger partial charge in [-0.15, -0.1) is 25.9 Å². The first-order chi connectivity index (χ1) is 17.9. The number of hydrogen-bond donors (Lipinski definition) is 0. The van der Waals surface area contributed by atoms with E-state index in [9.17, 15) is 19.2 Å². The summed E-state index contributed by atoms with van der Waals surface area (Å²) in [6.45, 7) is 14.1. The van der Waals surface area contributed by atoms with Crippen LogP contribution in [0.4, 0.5) is 0 Å². The molecular weight excluding hydrogens is 1220 g/mol. The minimum absolute atomic E-state index is 0. The van der Waals surface area contributed by atoms with E-state index < -0.39 is 0 Å². The molecule has 4 fully saturated rings. The van der Waals surface area contributed by atoms with Crippen molar-refractivity contribution in [2.75, 3.05) is 13.1 Å². The molecule has 0 spiro atoms. The van der Waals surface area contributed by atoms with Gasteiger partial charge in [-0.2, -0.15) is 11.8 Å². The first kappa shape index (κ1) is 53.0. The molecule has 6 nitrogen and oxygen atoms in total. The standard InChI is InChI=1S/C14H16NO2.C13H14NO2.2C2H6.2U.2V.2Y.2H2/c1-9-6-10-13(7-9)15-5-3-2-4-12(15)11(8-16)14(10)17;1-8-5-9-12(6-8)14-4-2-3-11(14)10(7-15)13(9)16;2*1-2;;;;;;;;/h6-7,9-10,13H,2-5H2,1H3;5-6,8-9,12H,2-4H2,1H3;2*1-2H3;;;;;;;2*1H/q2*-3;;;;;;;;;;/i;;;;;;;;;;2*1+2. The van der Waals surface area contributed by atoms with Crippen LogP contribution in [0.5, 0.6) is 0 Å². The quantitative estimate of drug-likeness (QED) is 0.285. The summed E-state index contributed by atoms with van der Waals surface area (Å²) in [5, 5.41) is 0. The van der Waals surface area contributed by atoms with E-state index in [1.54, 1.807) is 0 Å². The predicted molar refractivity (Wildman–Crippen MR) is 149 cm³/mol. The predicted octanol–water partition coefficient (Wildman–Crippen LogP) is 5.07. The molecule has 2 aliphatic carbocycles. The number of allylic oxidation sites excluding steroid dienone is 4. The molecule has 0 N–H and O–H groups in total. The van der Waals surface area contributed by atoms with Crippen molar-refractivity contribution in [3.63, 3.8) is 0 Å². The van der Waals surface area contributed by atoms with Crippen molar-refractivity contribution in [2.24, 2.45) is 23.7 Å². The maximum absolute atomic E-state index is 12.2. The van der Waals surface area contributed by atoms with Gasteiger partial charge in [0.1, 0.15) is 0 Å². The van der Waals surface area contributed by atoms with Crippen LogP contribution in [-0.4, -0.2) is 59.1 Å². The summed E-state index contributed by atoms with van der Waals surface area (Å²) in [6.07, 6.45) is 17.3.